The molecule has 0 aliphatic carbocycles. The molecule has 0 fully saturated rings. The van der Waals surface area contributed by atoms with Gasteiger partial charge in [0.1, 0.15) is 23.3 Å². The van der Waals surface area contributed by atoms with Crippen molar-refractivity contribution in [1.29, 1.82) is 0 Å². The molecule has 5 N–H and O–H groups in total. The Morgan fingerprint density at radius 1 is 0.449 bits per heavy atom. The summed E-state index contributed by atoms with van der Waals surface area (Å²) in [6, 6.07) is 42.7. The predicted octanol–water partition coefficient (Wildman–Crippen LogP) is 24.6. The lowest BCUT2D eigenvalue weighted by Crippen LogP contribution is -2.14. The molecule has 16 aromatic rings. The van der Waals surface area contributed by atoms with Crippen molar-refractivity contribution in [2.75, 3.05) is 61.4 Å². The lowest BCUT2D eigenvalue weighted by molar-refractivity contribution is -0.120. The minimum atomic E-state index is -3.22. The number of rotatable bonds is 21. The Balaban J connectivity index is 0.000000245. The van der Waals surface area contributed by atoms with Gasteiger partial charge >= 0.3 is 5.20 Å². The molecule has 0 unspecified atom stereocenters. The molecular weight excluding hydrogens is 1900 g/mol. The zero-order chi connectivity index (χ0) is 98.8. The van der Waals surface area contributed by atoms with Crippen molar-refractivity contribution in [3.63, 3.8) is 0 Å². The number of nitrogens with one attached hydrogen (secondary N) is 3. The number of nitrogens with two attached hydrogens (primary N) is 1. The smallest absolute Gasteiger partial charge is 0.339 e. The van der Waals surface area contributed by atoms with Crippen molar-refractivity contribution in [3.05, 3.63) is 280 Å². The zero-order valence-corrected chi connectivity index (χ0v) is 80.0. The normalized spacial score (nSPS) is 9.96. The number of aryl methyl sites for hydroxylation is 5. The molecule has 0 aliphatic rings. The molecule has 16 rings (SSSR count). The standard InChI is InChI=1S/C16H15N5.C16H13N5.C15H15N5O2.C15H13N5O.C14H10ClN5.C9H11N3.C6H6N2O3.CH2Cl2.2CH4.Cl3OP/c2*1-4-12-8-11(10-18-20-12)16-19-14-7-6-13(17-3)9-15(14)21(16)5-2;1-4-17-13-8-11(16-2)5-6-12(13)19-15(21)10-7-14(22-3)20-18-9-10;1-4-20-13-8-11(16-2)5-6-12(13)18-15(20)10-7-14(21-3)19-17-9-10;1-3-20-12-7-10(16-2)4-5-11(12)18-14(20)9-6-13(15)19-17-8-9;1-3-12-9-6-7(11-2)4-5-8(9)10;1-10-6-2-5(11-4-9)3-7-8-6;2-1-3;;;1-5(2,3)4/h6-10H,4-5H2,1-2H3;4,6-10H,1,5H2,2H3;5-9,17H,4H2,1,3H3,(H,19,21);5-9H,4H2,1,3H3;4-8H,3H2,1H3;4-6,12H,3,10H2,1H3;2-4H,1H3;1H2;2*1H4;. The highest BCUT2D eigenvalue weighted by Gasteiger charge is 2.20. The van der Waals surface area contributed by atoms with Gasteiger partial charge in [0.15, 0.2) is 45.0 Å². The Morgan fingerprint density at radius 2 is 0.797 bits per heavy atom. The Morgan fingerprint density at radius 3 is 1.20 bits per heavy atom. The maximum Gasteiger partial charge on any atom is 0.339 e. The molecule has 708 valence electrons. The number of nitrogen functional groups attached to an aromatic ring is 1. The molecular formula is C94H93Cl6N30O7P. The number of carbonyl (C=O) groups excluding carboxylic acids is 2. The third kappa shape index (κ3) is 31.3. The molecule has 10 aromatic heterocycles. The number of nitrogens with zero attached hydrogens (tertiary/aromatic N) is 26. The van der Waals surface area contributed by atoms with Crippen LogP contribution >= 0.6 is 73.7 Å². The molecule has 0 radical (unpaired) electrons. The summed E-state index contributed by atoms with van der Waals surface area (Å²) in [4.78, 5) is 61.3. The number of hydrogen-bond acceptors (Lipinski definition) is 26. The first-order valence-electron chi connectivity index (χ1n) is 40.6. The van der Waals surface area contributed by atoms with E-state index in [9.17, 15) is 14.2 Å². The van der Waals surface area contributed by atoms with Crippen LogP contribution in [0, 0.1) is 39.4 Å². The van der Waals surface area contributed by atoms with Gasteiger partial charge in [-0.25, -0.2) is 49.0 Å². The van der Waals surface area contributed by atoms with E-state index in [1.54, 1.807) is 111 Å². The number of fused-ring (bicyclic) bond motifs is 4. The van der Waals surface area contributed by atoms with E-state index in [2.05, 4.69) is 201 Å². The molecule has 10 heterocycles. The highest BCUT2D eigenvalue weighted by atomic mass is 36.0. The number of alkyl halides is 2. The van der Waals surface area contributed by atoms with Crippen molar-refractivity contribution in [2.45, 2.75) is 95.9 Å². The van der Waals surface area contributed by atoms with Gasteiger partial charge in [-0.1, -0.05) is 76.4 Å². The zero-order valence-electron chi connectivity index (χ0n) is 74.6. The van der Waals surface area contributed by atoms with Crippen LogP contribution < -0.4 is 40.6 Å². The molecule has 1 amide bonds. The number of benzene rings is 6. The van der Waals surface area contributed by atoms with Gasteiger partial charge in [-0.15, -0.1) is 43.6 Å². The molecule has 0 bridgehead atoms. The number of imidazole rings is 4. The fraction of sp³-hybridized carbons (Fsp3) is 0.213. The van der Waals surface area contributed by atoms with Crippen LogP contribution in [0.1, 0.15) is 85.1 Å². The minimum absolute atomic E-state index is 0. The van der Waals surface area contributed by atoms with E-state index < -0.39 is 5.20 Å². The molecule has 44 heteroatoms. The summed E-state index contributed by atoms with van der Waals surface area (Å²) in [6.07, 6.45) is 11.9. The van der Waals surface area contributed by atoms with E-state index in [0.717, 1.165) is 140 Å². The summed E-state index contributed by atoms with van der Waals surface area (Å²) in [5, 5.41) is 52.3. The number of methoxy groups -OCH3 is 3. The first kappa shape index (κ1) is 111. The third-order valence-electron chi connectivity index (χ3n) is 18.5. The minimum Gasteiger partial charge on any atom is -0.480 e. The molecule has 0 saturated heterocycles. The summed E-state index contributed by atoms with van der Waals surface area (Å²) < 4.78 is 37.1. The Kier molecular flexibility index (Phi) is 45.2. The summed E-state index contributed by atoms with van der Waals surface area (Å²) in [5.41, 5.74) is 24.8. The van der Waals surface area contributed by atoms with Gasteiger partial charge in [0.25, 0.3) is 12.4 Å². The van der Waals surface area contributed by atoms with Gasteiger partial charge < -0.3 is 58.9 Å². The quantitative estimate of drug-likeness (QED) is 0.0171. The number of ether oxygens (including phenoxy) is 4. The van der Waals surface area contributed by atoms with Gasteiger partial charge in [-0.2, -0.15) is 40.8 Å². The average molecular weight is 2000 g/mol. The van der Waals surface area contributed by atoms with Crippen LogP contribution in [0.2, 0.25) is 5.15 Å². The molecule has 0 aliphatic heterocycles. The SMILES string of the molecule is C.C.COc1cc(OC=O)cnn1.ClCCl.O=P(Cl)(Cl)Cl.[C-]#[N+]c1ccc(N)c(NCC)c1.[C-]#[N+]c1ccc(NC(=O)c2cnnc(OC)c2)c(NCC)c1.[C-]#[N+]c1ccc2nc(-c3cnnc(C=C)c3)n(CC)c2c1.[C-]#[N+]c1ccc2nc(-c3cnnc(CC)c3)n(CC)c2c1.[C-]#[N+]c1ccc2nc(-c3cnnc(Cl)c3)n(CC)c2c1.[C-]#[N+]c1ccc2nc(-c3cnnc(OC)c3)n(CC)c2c1. The van der Waals surface area contributed by atoms with Gasteiger partial charge in [0, 0.05) is 91.1 Å². The number of aromatic nitrogens is 20. The average Bonchev–Trinajstić information content (AvgIpc) is 1.65. The van der Waals surface area contributed by atoms with E-state index >= 15 is 0 Å². The van der Waals surface area contributed by atoms with Gasteiger partial charge in [0.05, 0.1) is 176 Å². The number of anilines is 4. The number of halogens is 6. The summed E-state index contributed by atoms with van der Waals surface area (Å²) >= 11 is 29.3. The molecule has 37 nitrogen and oxygen atoms in total. The van der Waals surface area contributed by atoms with Crippen LogP contribution in [0.25, 0.3) is 125 Å². The largest absolute Gasteiger partial charge is 0.480 e. The first-order chi connectivity index (χ1) is 65.7. The monoisotopic (exact) mass is 1990 g/mol. The van der Waals surface area contributed by atoms with Crippen molar-refractivity contribution < 1.29 is 33.1 Å². The topological polar surface area (TPSA) is 402 Å². The van der Waals surface area contributed by atoms with E-state index in [0.29, 0.717) is 98.1 Å². The molecule has 138 heavy (non-hydrogen) atoms. The van der Waals surface area contributed by atoms with Crippen molar-refractivity contribution in [2.24, 2.45) is 0 Å². The van der Waals surface area contributed by atoms with Gasteiger partial charge in [-0.05, 0) is 179 Å². The number of carbonyl (C=O) groups is 2. The maximum absolute atomic E-state index is 12.3. The second-order valence-corrected chi connectivity index (χ2v) is 34.7. The van der Waals surface area contributed by atoms with E-state index in [1.165, 1.54) is 38.7 Å². The third-order valence-corrected chi connectivity index (χ3v) is 18.7. The molecule has 0 spiro atoms. The first-order valence-corrected chi connectivity index (χ1v) is 46.5. The highest BCUT2D eigenvalue weighted by Crippen LogP contribution is 2.61. The van der Waals surface area contributed by atoms with Gasteiger partial charge in [-0.3, -0.25) is 14.2 Å². The Hall–Kier alpha value is -15.9. The number of hydrogen-bond donors (Lipinski definition) is 4. The van der Waals surface area contributed by atoms with Crippen LogP contribution in [-0.2, 0) is 42.0 Å². The summed E-state index contributed by atoms with van der Waals surface area (Å²) in [7, 11) is 4.46. The Labute approximate surface area is 826 Å². The summed E-state index contributed by atoms with van der Waals surface area (Å²) in [5.74, 6) is 4.28. The van der Waals surface area contributed by atoms with Crippen LogP contribution in [-0.4, -0.2) is 152 Å². The molecule has 0 atom stereocenters. The van der Waals surface area contributed by atoms with Crippen LogP contribution in [0.4, 0.5) is 56.9 Å². The second kappa shape index (κ2) is 56.3. The predicted molar refractivity (Wildman–Crippen MR) is 547 cm³/mol. The Bertz CT molecular complexity index is 7020. The fourth-order valence-electron chi connectivity index (χ4n) is 12.5. The van der Waals surface area contributed by atoms with Crippen LogP contribution in [0.3, 0.4) is 0 Å². The number of amides is 1. The lowest BCUT2D eigenvalue weighted by Gasteiger charge is -2.12. The maximum atomic E-state index is 12.3. The fourth-order valence-corrected chi connectivity index (χ4v) is 12.7. The second-order valence-electron chi connectivity index (χ2n) is 26.8. The lowest BCUT2D eigenvalue weighted by atomic mass is 10.2. The summed E-state index contributed by atoms with van der Waals surface area (Å²) in [6.45, 7) is 65.1. The van der Waals surface area contributed by atoms with Crippen molar-refractivity contribution >= 4 is 193 Å². The highest BCUT2D eigenvalue weighted by molar-refractivity contribution is 8.24. The van der Waals surface area contributed by atoms with E-state index in [4.69, 9.17) is 99.2 Å². The molecule has 0 saturated carbocycles. The van der Waals surface area contributed by atoms with Crippen LogP contribution in [0.5, 0.6) is 23.4 Å². The van der Waals surface area contributed by atoms with Gasteiger partial charge in [0.2, 0.25) is 17.6 Å². The van der Waals surface area contributed by atoms with E-state index in [1.807, 2.05) is 92.9 Å². The van der Waals surface area contributed by atoms with Crippen molar-refractivity contribution in [3.8, 4) is 68.9 Å². The molecule has 6 aromatic carbocycles. The van der Waals surface area contributed by atoms with Crippen molar-refractivity contribution in [1.82, 2.24) is 99.4 Å². The van der Waals surface area contributed by atoms with Crippen LogP contribution in [0.15, 0.2) is 189 Å². The van der Waals surface area contributed by atoms with E-state index in [-0.39, 0.29) is 32.0 Å².